The Bertz CT molecular complexity index is 571. The van der Waals surface area contributed by atoms with Crippen LogP contribution in [0.5, 0.6) is 0 Å². The molecular weight excluding hydrogens is 279 g/mol. The monoisotopic (exact) mass is 302 g/mol. The third-order valence-electron chi connectivity index (χ3n) is 3.73. The zero-order chi connectivity index (χ0) is 15.6. The zero-order valence-corrected chi connectivity index (χ0v) is 13.5. The van der Waals surface area contributed by atoms with Gasteiger partial charge in [0.25, 0.3) is 0 Å². The van der Waals surface area contributed by atoms with Crippen molar-refractivity contribution in [3.05, 3.63) is 29.6 Å². The Morgan fingerprint density at radius 2 is 1.95 bits per heavy atom. The summed E-state index contributed by atoms with van der Waals surface area (Å²) in [5.41, 5.74) is 0.149. The highest BCUT2D eigenvalue weighted by Crippen LogP contribution is 2.27. The maximum absolute atomic E-state index is 14.1. The summed E-state index contributed by atoms with van der Waals surface area (Å²) in [7, 11) is -0.597. The summed E-state index contributed by atoms with van der Waals surface area (Å²) in [6.45, 7) is 6.03. The van der Waals surface area contributed by atoms with E-state index in [9.17, 15) is 12.8 Å². The van der Waals surface area contributed by atoms with Crippen molar-refractivity contribution in [1.29, 1.82) is 0 Å². The fourth-order valence-electron chi connectivity index (χ4n) is 1.76. The average Bonchev–Trinajstić information content (AvgIpc) is 2.38. The molecule has 6 heteroatoms. The molecule has 0 amide bonds. The normalized spacial score (nSPS) is 12.9. The minimum Gasteiger partial charge on any atom is -0.316 e. The van der Waals surface area contributed by atoms with Crippen LogP contribution in [0.4, 0.5) is 4.39 Å². The van der Waals surface area contributed by atoms with E-state index in [1.165, 1.54) is 23.5 Å². The fraction of sp³-hybridized carbons (Fsp3) is 0.571. The van der Waals surface area contributed by atoms with Gasteiger partial charge in [0.1, 0.15) is 10.7 Å². The van der Waals surface area contributed by atoms with E-state index >= 15 is 0 Å². The number of sulfonamides is 1. The Kier molecular flexibility index (Phi) is 5.29. The summed E-state index contributed by atoms with van der Waals surface area (Å²) in [6, 6.07) is 4.22. The summed E-state index contributed by atoms with van der Waals surface area (Å²) in [5, 5.41) is 2.90. The van der Waals surface area contributed by atoms with E-state index in [0.29, 0.717) is 18.5 Å². The van der Waals surface area contributed by atoms with Gasteiger partial charge in [-0.2, -0.15) is 4.31 Å². The predicted molar refractivity (Wildman–Crippen MR) is 78.5 cm³/mol. The second-order valence-corrected chi connectivity index (χ2v) is 7.37. The lowest BCUT2D eigenvalue weighted by atomic mass is 10.0. The Hall–Kier alpha value is -0.980. The van der Waals surface area contributed by atoms with Crippen LogP contribution in [0.15, 0.2) is 23.1 Å². The van der Waals surface area contributed by atoms with Crippen molar-refractivity contribution in [2.24, 2.45) is 0 Å². The maximum atomic E-state index is 14.1. The van der Waals surface area contributed by atoms with Gasteiger partial charge in [-0.3, -0.25) is 0 Å². The van der Waals surface area contributed by atoms with Crippen LogP contribution in [0.3, 0.4) is 0 Å². The van der Waals surface area contributed by atoms with Crippen LogP contribution >= 0.6 is 0 Å². The van der Waals surface area contributed by atoms with Crippen LogP contribution in [0, 0.1) is 5.82 Å². The van der Waals surface area contributed by atoms with Crippen molar-refractivity contribution < 1.29 is 12.8 Å². The van der Waals surface area contributed by atoms with Crippen LogP contribution in [0.2, 0.25) is 0 Å². The minimum atomic E-state index is -3.83. The number of nitrogens with one attached hydrogen (secondary N) is 1. The molecule has 0 unspecified atom stereocenters. The zero-order valence-electron chi connectivity index (χ0n) is 12.7. The minimum absolute atomic E-state index is 0.277. The SMILES string of the molecule is CCC(C)(C)N(C)S(=O)(=O)c1ccc(CNC)cc1F. The average molecular weight is 302 g/mol. The smallest absolute Gasteiger partial charge is 0.246 e. The second kappa shape index (κ2) is 6.20. The summed E-state index contributed by atoms with van der Waals surface area (Å²) >= 11 is 0. The number of hydrogen-bond donors (Lipinski definition) is 1. The van der Waals surface area contributed by atoms with Crippen LogP contribution in [0.1, 0.15) is 32.8 Å². The molecule has 0 spiro atoms. The van der Waals surface area contributed by atoms with Crippen LogP contribution in [-0.2, 0) is 16.6 Å². The van der Waals surface area contributed by atoms with Gasteiger partial charge < -0.3 is 5.32 Å². The van der Waals surface area contributed by atoms with Crippen LogP contribution < -0.4 is 5.32 Å². The Morgan fingerprint density at radius 1 is 1.35 bits per heavy atom. The fourth-order valence-corrected chi connectivity index (χ4v) is 3.38. The first-order valence-electron chi connectivity index (χ1n) is 6.59. The topological polar surface area (TPSA) is 49.4 Å². The largest absolute Gasteiger partial charge is 0.316 e. The van der Waals surface area contributed by atoms with E-state index < -0.39 is 21.4 Å². The van der Waals surface area contributed by atoms with Gasteiger partial charge in [-0.15, -0.1) is 0 Å². The van der Waals surface area contributed by atoms with Crippen LogP contribution in [0.25, 0.3) is 0 Å². The number of rotatable bonds is 6. The molecule has 0 aromatic heterocycles. The summed E-state index contributed by atoms with van der Waals surface area (Å²) in [5.74, 6) is -0.712. The number of benzene rings is 1. The molecule has 0 heterocycles. The van der Waals surface area contributed by atoms with Gasteiger partial charge in [-0.25, -0.2) is 12.8 Å². The highest BCUT2D eigenvalue weighted by Gasteiger charge is 2.34. The molecule has 1 aromatic rings. The van der Waals surface area contributed by atoms with E-state index in [4.69, 9.17) is 0 Å². The number of hydrogen-bond acceptors (Lipinski definition) is 3. The van der Waals surface area contributed by atoms with Gasteiger partial charge >= 0.3 is 0 Å². The van der Waals surface area contributed by atoms with Gasteiger partial charge in [0.2, 0.25) is 10.0 Å². The number of halogens is 1. The summed E-state index contributed by atoms with van der Waals surface area (Å²) in [6.07, 6.45) is 0.641. The predicted octanol–water partition coefficient (Wildman–Crippen LogP) is 2.35. The molecule has 1 N–H and O–H groups in total. The van der Waals surface area contributed by atoms with E-state index in [-0.39, 0.29) is 4.90 Å². The molecule has 0 atom stereocenters. The molecule has 4 nitrogen and oxygen atoms in total. The first-order chi connectivity index (χ1) is 9.16. The third-order valence-corrected chi connectivity index (χ3v) is 5.84. The van der Waals surface area contributed by atoms with E-state index in [1.807, 2.05) is 20.8 Å². The lowest BCUT2D eigenvalue weighted by molar-refractivity contribution is 0.256. The van der Waals surface area contributed by atoms with Crippen molar-refractivity contribution >= 4 is 10.0 Å². The van der Waals surface area contributed by atoms with Crippen molar-refractivity contribution in [3.63, 3.8) is 0 Å². The molecule has 0 aliphatic heterocycles. The molecule has 0 bridgehead atoms. The lowest BCUT2D eigenvalue weighted by Crippen LogP contribution is -2.44. The molecule has 0 radical (unpaired) electrons. The van der Waals surface area contributed by atoms with Crippen LogP contribution in [-0.4, -0.2) is 32.4 Å². The Morgan fingerprint density at radius 3 is 2.40 bits per heavy atom. The lowest BCUT2D eigenvalue weighted by Gasteiger charge is -2.33. The summed E-state index contributed by atoms with van der Waals surface area (Å²) < 4.78 is 40.3. The third kappa shape index (κ3) is 3.37. The molecule has 1 aromatic carbocycles. The highest BCUT2D eigenvalue weighted by atomic mass is 32.2. The number of nitrogens with zero attached hydrogens (tertiary/aromatic N) is 1. The molecule has 1 rings (SSSR count). The molecule has 0 aliphatic carbocycles. The van der Waals surface area contributed by atoms with Crippen molar-refractivity contribution in [1.82, 2.24) is 9.62 Å². The van der Waals surface area contributed by atoms with Gasteiger partial charge in [-0.1, -0.05) is 13.0 Å². The molecule has 20 heavy (non-hydrogen) atoms. The van der Waals surface area contributed by atoms with E-state index in [0.717, 1.165) is 0 Å². The Balaban J connectivity index is 3.23. The first kappa shape index (κ1) is 17.1. The maximum Gasteiger partial charge on any atom is 0.246 e. The molecule has 0 fully saturated rings. The van der Waals surface area contributed by atoms with Gasteiger partial charge in [-0.05, 0) is 45.0 Å². The van der Waals surface area contributed by atoms with Gasteiger partial charge in [0.15, 0.2) is 0 Å². The van der Waals surface area contributed by atoms with Crippen molar-refractivity contribution in [2.75, 3.05) is 14.1 Å². The van der Waals surface area contributed by atoms with Gasteiger partial charge in [0.05, 0.1) is 0 Å². The molecule has 0 saturated heterocycles. The van der Waals surface area contributed by atoms with Gasteiger partial charge in [0, 0.05) is 19.1 Å². The quantitative estimate of drug-likeness (QED) is 0.877. The molecule has 114 valence electrons. The molecule has 0 saturated carbocycles. The van der Waals surface area contributed by atoms with E-state index in [2.05, 4.69) is 5.32 Å². The molecular formula is C14H23FN2O2S. The highest BCUT2D eigenvalue weighted by molar-refractivity contribution is 7.89. The van der Waals surface area contributed by atoms with Crippen molar-refractivity contribution in [2.45, 2.75) is 44.2 Å². The second-order valence-electron chi connectivity index (χ2n) is 5.43. The first-order valence-corrected chi connectivity index (χ1v) is 8.03. The Labute approximate surface area is 121 Å². The van der Waals surface area contributed by atoms with Crippen molar-refractivity contribution in [3.8, 4) is 0 Å². The summed E-state index contributed by atoms with van der Waals surface area (Å²) in [4.78, 5) is -0.277. The van der Waals surface area contributed by atoms with E-state index in [1.54, 1.807) is 13.1 Å². The molecule has 0 aliphatic rings. The standard InChI is InChI=1S/C14H23FN2O2S/c1-6-14(2,3)17(5)20(18,19)13-8-7-11(10-16-4)9-12(13)15/h7-9,16H,6,10H2,1-5H3.